The lowest BCUT2D eigenvalue weighted by atomic mass is 10.1. The number of phenolic OH excluding ortho intramolecular Hbond substituents is 1. The van der Waals surface area contributed by atoms with Crippen LogP contribution in [-0.2, 0) is 6.54 Å². The highest BCUT2D eigenvalue weighted by molar-refractivity contribution is 5.47. The number of halogens is 1. The van der Waals surface area contributed by atoms with Crippen molar-refractivity contribution in [2.75, 3.05) is 18.0 Å². The molecular weight excluding hydrogens is 255 g/mol. The van der Waals surface area contributed by atoms with E-state index in [9.17, 15) is 9.50 Å². The predicted molar refractivity (Wildman–Crippen MR) is 79.2 cm³/mol. The molecule has 0 amide bonds. The van der Waals surface area contributed by atoms with Crippen LogP contribution < -0.4 is 10.6 Å². The molecule has 2 aromatic rings. The fourth-order valence-electron chi connectivity index (χ4n) is 2.11. The molecule has 0 bridgehead atoms. The highest BCUT2D eigenvalue weighted by atomic mass is 19.1. The fraction of sp³-hybridized carbons (Fsp3) is 0.250. The van der Waals surface area contributed by atoms with Gasteiger partial charge in [0, 0.05) is 18.8 Å². The van der Waals surface area contributed by atoms with E-state index in [4.69, 9.17) is 5.73 Å². The monoisotopic (exact) mass is 274 g/mol. The first-order valence-electron chi connectivity index (χ1n) is 6.67. The van der Waals surface area contributed by atoms with Gasteiger partial charge in [-0.2, -0.15) is 0 Å². The van der Waals surface area contributed by atoms with E-state index in [1.807, 2.05) is 12.1 Å². The second-order valence-corrected chi connectivity index (χ2v) is 4.71. The van der Waals surface area contributed by atoms with E-state index in [0.29, 0.717) is 13.1 Å². The van der Waals surface area contributed by atoms with Gasteiger partial charge in [-0.1, -0.05) is 12.1 Å². The summed E-state index contributed by atoms with van der Waals surface area (Å²) in [5, 5.41) is 9.52. The molecule has 0 aliphatic rings. The maximum atomic E-state index is 13.0. The molecule has 2 aromatic carbocycles. The van der Waals surface area contributed by atoms with Gasteiger partial charge < -0.3 is 15.7 Å². The van der Waals surface area contributed by atoms with Crippen molar-refractivity contribution in [3.63, 3.8) is 0 Å². The second-order valence-electron chi connectivity index (χ2n) is 4.71. The zero-order valence-electron chi connectivity index (χ0n) is 11.3. The van der Waals surface area contributed by atoms with Gasteiger partial charge >= 0.3 is 0 Å². The lowest BCUT2D eigenvalue weighted by Crippen LogP contribution is -2.25. The number of nitrogens with zero attached hydrogens (tertiary/aromatic N) is 1. The van der Waals surface area contributed by atoms with E-state index in [1.54, 1.807) is 24.3 Å². The Balaban J connectivity index is 2.16. The summed E-state index contributed by atoms with van der Waals surface area (Å²) in [7, 11) is 0. The summed E-state index contributed by atoms with van der Waals surface area (Å²) < 4.78 is 13.0. The van der Waals surface area contributed by atoms with Gasteiger partial charge in [-0.25, -0.2) is 4.39 Å². The van der Waals surface area contributed by atoms with Crippen LogP contribution in [0.15, 0.2) is 48.5 Å². The summed E-state index contributed by atoms with van der Waals surface area (Å²) in [4.78, 5) is 2.13. The van der Waals surface area contributed by atoms with Crippen molar-refractivity contribution in [2.45, 2.75) is 13.0 Å². The zero-order valence-corrected chi connectivity index (χ0v) is 11.3. The number of benzene rings is 2. The molecule has 0 spiro atoms. The molecule has 0 radical (unpaired) electrons. The van der Waals surface area contributed by atoms with E-state index < -0.39 is 0 Å². The number of hydrogen-bond acceptors (Lipinski definition) is 3. The van der Waals surface area contributed by atoms with Crippen LogP contribution in [0.5, 0.6) is 5.75 Å². The van der Waals surface area contributed by atoms with Crippen molar-refractivity contribution < 1.29 is 9.50 Å². The summed E-state index contributed by atoms with van der Waals surface area (Å²) in [5.41, 5.74) is 7.52. The molecule has 0 unspecified atom stereocenters. The molecule has 0 saturated carbocycles. The van der Waals surface area contributed by atoms with Crippen LogP contribution in [0.1, 0.15) is 12.0 Å². The quantitative estimate of drug-likeness (QED) is 0.851. The van der Waals surface area contributed by atoms with Crippen molar-refractivity contribution in [2.24, 2.45) is 5.73 Å². The molecular formula is C16H19FN2O. The Morgan fingerprint density at radius 2 is 1.85 bits per heavy atom. The molecule has 0 aliphatic carbocycles. The van der Waals surface area contributed by atoms with Crippen molar-refractivity contribution in [3.05, 3.63) is 59.9 Å². The molecule has 0 saturated heterocycles. The van der Waals surface area contributed by atoms with Gasteiger partial charge in [0.25, 0.3) is 0 Å². The Kier molecular flexibility index (Phi) is 4.96. The van der Waals surface area contributed by atoms with E-state index in [2.05, 4.69) is 4.90 Å². The van der Waals surface area contributed by atoms with Crippen LogP contribution in [0.4, 0.5) is 10.1 Å². The molecule has 106 valence electrons. The van der Waals surface area contributed by atoms with Crippen molar-refractivity contribution >= 4 is 5.69 Å². The third kappa shape index (κ3) is 3.96. The van der Waals surface area contributed by atoms with Crippen LogP contribution in [0, 0.1) is 5.82 Å². The van der Waals surface area contributed by atoms with Crippen LogP contribution >= 0.6 is 0 Å². The van der Waals surface area contributed by atoms with Crippen LogP contribution in [0.2, 0.25) is 0 Å². The van der Waals surface area contributed by atoms with Crippen molar-refractivity contribution in [1.29, 1.82) is 0 Å². The van der Waals surface area contributed by atoms with Crippen molar-refractivity contribution in [1.82, 2.24) is 0 Å². The molecule has 2 rings (SSSR count). The molecule has 20 heavy (non-hydrogen) atoms. The van der Waals surface area contributed by atoms with Gasteiger partial charge in [-0.15, -0.1) is 0 Å². The van der Waals surface area contributed by atoms with Crippen molar-refractivity contribution in [3.8, 4) is 5.75 Å². The minimum atomic E-state index is -0.245. The van der Waals surface area contributed by atoms with Gasteiger partial charge in [0.1, 0.15) is 11.6 Å². The Morgan fingerprint density at radius 3 is 2.50 bits per heavy atom. The topological polar surface area (TPSA) is 49.5 Å². The highest BCUT2D eigenvalue weighted by Crippen LogP contribution is 2.20. The fourth-order valence-corrected chi connectivity index (χ4v) is 2.11. The van der Waals surface area contributed by atoms with Gasteiger partial charge in [-0.05, 0) is 54.9 Å². The molecule has 0 aliphatic heterocycles. The van der Waals surface area contributed by atoms with Gasteiger partial charge in [0.05, 0.1) is 0 Å². The molecule has 0 aromatic heterocycles. The minimum Gasteiger partial charge on any atom is -0.508 e. The zero-order chi connectivity index (χ0) is 14.4. The highest BCUT2D eigenvalue weighted by Gasteiger charge is 2.07. The second kappa shape index (κ2) is 6.91. The maximum Gasteiger partial charge on any atom is 0.123 e. The van der Waals surface area contributed by atoms with Gasteiger partial charge in [-0.3, -0.25) is 0 Å². The lowest BCUT2D eigenvalue weighted by molar-refractivity contribution is 0.474. The first kappa shape index (κ1) is 14.3. The molecule has 0 heterocycles. The van der Waals surface area contributed by atoms with Gasteiger partial charge in [0.15, 0.2) is 0 Å². The molecule has 0 fully saturated rings. The third-order valence-corrected chi connectivity index (χ3v) is 3.11. The largest absolute Gasteiger partial charge is 0.508 e. The van der Waals surface area contributed by atoms with E-state index in [-0.39, 0.29) is 11.6 Å². The molecule has 3 nitrogen and oxygen atoms in total. The van der Waals surface area contributed by atoms with E-state index in [1.165, 1.54) is 12.1 Å². The number of nitrogens with two attached hydrogens (primary N) is 1. The lowest BCUT2D eigenvalue weighted by Gasteiger charge is -2.25. The van der Waals surface area contributed by atoms with E-state index >= 15 is 0 Å². The Hall–Kier alpha value is -2.07. The van der Waals surface area contributed by atoms with Crippen LogP contribution in [0.25, 0.3) is 0 Å². The Bertz CT molecular complexity index is 542. The number of rotatable bonds is 6. The minimum absolute atomic E-state index is 0.245. The molecule has 0 atom stereocenters. The maximum absolute atomic E-state index is 13.0. The van der Waals surface area contributed by atoms with Crippen LogP contribution in [0.3, 0.4) is 0 Å². The standard InChI is InChI=1S/C16H19FN2O/c17-14-5-7-15(8-6-14)19(10-2-9-18)12-13-3-1-4-16(20)11-13/h1,3-8,11,20H,2,9-10,12,18H2. The number of aromatic hydroxyl groups is 1. The summed E-state index contributed by atoms with van der Waals surface area (Å²) in [6, 6.07) is 13.6. The molecule has 4 heteroatoms. The SMILES string of the molecule is NCCCN(Cc1cccc(O)c1)c1ccc(F)cc1. The smallest absolute Gasteiger partial charge is 0.123 e. The number of anilines is 1. The van der Waals surface area contributed by atoms with E-state index in [0.717, 1.165) is 24.2 Å². The first-order valence-corrected chi connectivity index (χ1v) is 6.67. The number of phenols is 1. The first-order chi connectivity index (χ1) is 9.69. The number of hydrogen-bond donors (Lipinski definition) is 2. The Labute approximate surface area is 118 Å². The predicted octanol–water partition coefficient (Wildman–Crippen LogP) is 2.89. The average Bonchev–Trinajstić information content (AvgIpc) is 2.44. The normalized spacial score (nSPS) is 10.5. The van der Waals surface area contributed by atoms with Crippen LogP contribution in [-0.4, -0.2) is 18.2 Å². The summed E-state index contributed by atoms with van der Waals surface area (Å²) in [5.74, 6) is 0.00487. The third-order valence-electron chi connectivity index (χ3n) is 3.11. The summed E-state index contributed by atoms with van der Waals surface area (Å²) in [6.45, 7) is 2.05. The average molecular weight is 274 g/mol. The Morgan fingerprint density at radius 1 is 1.10 bits per heavy atom. The van der Waals surface area contributed by atoms with Gasteiger partial charge in [0.2, 0.25) is 0 Å². The molecule has 3 N–H and O–H groups in total. The summed E-state index contributed by atoms with van der Waals surface area (Å²) in [6.07, 6.45) is 0.857. The summed E-state index contributed by atoms with van der Waals surface area (Å²) >= 11 is 0.